The van der Waals surface area contributed by atoms with Crippen LogP contribution in [0.5, 0.6) is 0 Å². The Bertz CT molecular complexity index is 909. The number of ether oxygens (including phenoxy) is 1. The normalized spacial score (nSPS) is 19.4. The van der Waals surface area contributed by atoms with Crippen molar-refractivity contribution in [2.45, 2.75) is 12.8 Å². The van der Waals surface area contributed by atoms with Gasteiger partial charge in [-0.2, -0.15) is 0 Å². The first-order chi connectivity index (χ1) is 14.6. The van der Waals surface area contributed by atoms with Crippen molar-refractivity contribution in [2.75, 3.05) is 44.7 Å². The van der Waals surface area contributed by atoms with Crippen molar-refractivity contribution in [3.8, 4) is 0 Å². The summed E-state index contributed by atoms with van der Waals surface area (Å²) in [5, 5.41) is 4.82. The van der Waals surface area contributed by atoms with Gasteiger partial charge >= 0.3 is 0 Å². The second kappa shape index (κ2) is 9.40. The lowest BCUT2D eigenvalue weighted by atomic mass is 9.96. The SMILES string of the molecule is O=C(Nc1cccc(C(=O)N2CCOCC2)c1)C1CCCN(C(=O)c2cccs2)C1. The van der Waals surface area contributed by atoms with E-state index < -0.39 is 0 Å². The maximum atomic E-state index is 12.8. The molecule has 0 spiro atoms. The molecule has 0 saturated carbocycles. The molecule has 8 heteroatoms. The van der Waals surface area contributed by atoms with E-state index in [0.717, 1.165) is 12.8 Å². The van der Waals surface area contributed by atoms with E-state index in [4.69, 9.17) is 4.74 Å². The van der Waals surface area contributed by atoms with E-state index in [0.29, 0.717) is 55.5 Å². The number of likely N-dealkylation sites (tertiary alicyclic amines) is 1. The molecule has 1 atom stereocenters. The van der Waals surface area contributed by atoms with Gasteiger partial charge in [-0.3, -0.25) is 14.4 Å². The topological polar surface area (TPSA) is 79.0 Å². The molecule has 7 nitrogen and oxygen atoms in total. The Balaban J connectivity index is 1.38. The summed E-state index contributed by atoms with van der Waals surface area (Å²) in [5.74, 6) is -0.448. The number of carbonyl (C=O) groups is 3. The van der Waals surface area contributed by atoms with Crippen molar-refractivity contribution >= 4 is 34.7 Å². The number of rotatable bonds is 4. The molecule has 1 unspecified atom stereocenters. The highest BCUT2D eigenvalue weighted by molar-refractivity contribution is 7.12. The number of nitrogens with one attached hydrogen (secondary N) is 1. The van der Waals surface area contributed by atoms with E-state index in [9.17, 15) is 14.4 Å². The molecule has 1 N–H and O–H groups in total. The third-order valence-electron chi connectivity index (χ3n) is 5.49. The van der Waals surface area contributed by atoms with Gasteiger partial charge in [0.05, 0.1) is 24.0 Å². The minimum Gasteiger partial charge on any atom is -0.378 e. The molecular formula is C22H25N3O4S. The van der Waals surface area contributed by atoms with Crippen molar-refractivity contribution in [2.24, 2.45) is 5.92 Å². The van der Waals surface area contributed by atoms with Gasteiger partial charge in [-0.1, -0.05) is 12.1 Å². The number of amides is 3. The first-order valence-electron chi connectivity index (χ1n) is 10.2. The van der Waals surface area contributed by atoms with Crippen LogP contribution in [-0.2, 0) is 9.53 Å². The van der Waals surface area contributed by atoms with Crippen molar-refractivity contribution in [1.29, 1.82) is 0 Å². The first-order valence-corrected chi connectivity index (χ1v) is 11.1. The van der Waals surface area contributed by atoms with E-state index in [-0.39, 0.29) is 23.6 Å². The molecule has 1 aromatic carbocycles. The van der Waals surface area contributed by atoms with Crippen LogP contribution in [0.15, 0.2) is 41.8 Å². The van der Waals surface area contributed by atoms with E-state index in [1.165, 1.54) is 11.3 Å². The molecule has 2 aliphatic heterocycles. The number of nitrogens with zero attached hydrogens (tertiary/aromatic N) is 2. The van der Waals surface area contributed by atoms with E-state index in [1.54, 1.807) is 34.1 Å². The standard InChI is InChI=1S/C22H25N3O4S/c26-20(17-5-2-8-25(15-17)22(28)19-7-3-13-30-19)23-18-6-1-4-16(14-18)21(27)24-9-11-29-12-10-24/h1,3-4,6-7,13-14,17H,2,5,8-12,15H2,(H,23,26). The molecule has 3 heterocycles. The summed E-state index contributed by atoms with van der Waals surface area (Å²) in [6.45, 7) is 3.32. The van der Waals surface area contributed by atoms with E-state index in [1.807, 2.05) is 17.5 Å². The zero-order chi connectivity index (χ0) is 20.9. The second-order valence-electron chi connectivity index (χ2n) is 7.54. The van der Waals surface area contributed by atoms with Crippen molar-refractivity contribution in [3.63, 3.8) is 0 Å². The lowest BCUT2D eigenvalue weighted by Crippen LogP contribution is -2.43. The predicted molar refractivity (Wildman–Crippen MR) is 115 cm³/mol. The summed E-state index contributed by atoms with van der Waals surface area (Å²) in [4.78, 5) is 42.4. The number of hydrogen-bond donors (Lipinski definition) is 1. The van der Waals surface area contributed by atoms with Gasteiger partial charge in [0.2, 0.25) is 5.91 Å². The van der Waals surface area contributed by atoms with E-state index in [2.05, 4.69) is 5.32 Å². The Morgan fingerprint density at radius 3 is 2.60 bits per heavy atom. The van der Waals surface area contributed by atoms with Gasteiger partial charge in [0, 0.05) is 37.4 Å². The third-order valence-corrected chi connectivity index (χ3v) is 6.34. The molecule has 1 aromatic heterocycles. The molecule has 2 saturated heterocycles. The van der Waals surface area contributed by atoms with Crippen LogP contribution < -0.4 is 5.32 Å². The Morgan fingerprint density at radius 1 is 1.00 bits per heavy atom. The van der Waals surface area contributed by atoms with Crippen LogP contribution in [0.25, 0.3) is 0 Å². The Labute approximate surface area is 179 Å². The van der Waals surface area contributed by atoms with Crippen molar-refractivity contribution in [3.05, 3.63) is 52.2 Å². The summed E-state index contributed by atoms with van der Waals surface area (Å²) in [6.07, 6.45) is 1.54. The smallest absolute Gasteiger partial charge is 0.263 e. The van der Waals surface area contributed by atoms with Crippen LogP contribution in [0, 0.1) is 5.92 Å². The maximum absolute atomic E-state index is 12.8. The molecule has 158 valence electrons. The molecule has 4 rings (SSSR count). The summed E-state index contributed by atoms with van der Waals surface area (Å²) in [5.41, 5.74) is 1.15. The lowest BCUT2D eigenvalue weighted by Gasteiger charge is -2.31. The fraction of sp³-hybridized carbons (Fsp3) is 0.409. The highest BCUT2D eigenvalue weighted by Crippen LogP contribution is 2.22. The molecule has 2 aromatic rings. The van der Waals surface area contributed by atoms with Gasteiger partial charge in [-0.25, -0.2) is 0 Å². The number of thiophene rings is 1. The van der Waals surface area contributed by atoms with Gasteiger partial charge in [0.1, 0.15) is 0 Å². The van der Waals surface area contributed by atoms with Gasteiger partial charge in [0.25, 0.3) is 11.8 Å². The molecule has 0 radical (unpaired) electrons. The largest absolute Gasteiger partial charge is 0.378 e. The number of piperidine rings is 1. The minimum absolute atomic E-state index is 0.0133. The summed E-state index contributed by atoms with van der Waals surface area (Å²) in [7, 11) is 0. The number of morpholine rings is 1. The van der Waals surface area contributed by atoms with Crippen LogP contribution in [0.1, 0.15) is 32.9 Å². The molecule has 0 bridgehead atoms. The van der Waals surface area contributed by atoms with Crippen LogP contribution >= 0.6 is 11.3 Å². The monoisotopic (exact) mass is 427 g/mol. The average Bonchev–Trinajstić information content (AvgIpc) is 3.34. The Hall–Kier alpha value is -2.71. The zero-order valence-electron chi connectivity index (χ0n) is 16.7. The molecule has 2 fully saturated rings. The summed E-state index contributed by atoms with van der Waals surface area (Å²) >= 11 is 1.42. The molecule has 2 aliphatic rings. The number of anilines is 1. The van der Waals surface area contributed by atoms with Gasteiger partial charge < -0.3 is 19.9 Å². The highest BCUT2D eigenvalue weighted by atomic mass is 32.1. The third kappa shape index (κ3) is 4.71. The molecule has 30 heavy (non-hydrogen) atoms. The minimum atomic E-state index is -0.263. The average molecular weight is 428 g/mol. The van der Waals surface area contributed by atoms with Crippen LogP contribution in [0.3, 0.4) is 0 Å². The van der Waals surface area contributed by atoms with Crippen molar-refractivity contribution < 1.29 is 19.1 Å². The molecular weight excluding hydrogens is 402 g/mol. The quantitative estimate of drug-likeness (QED) is 0.814. The lowest BCUT2D eigenvalue weighted by molar-refractivity contribution is -0.121. The fourth-order valence-corrected chi connectivity index (χ4v) is 4.55. The Kier molecular flexibility index (Phi) is 6.44. The predicted octanol–water partition coefficient (Wildman–Crippen LogP) is 2.71. The second-order valence-corrected chi connectivity index (χ2v) is 8.49. The summed E-state index contributed by atoms with van der Waals surface area (Å²) in [6, 6.07) is 10.7. The van der Waals surface area contributed by atoms with Crippen LogP contribution in [0.4, 0.5) is 5.69 Å². The molecule has 3 amide bonds. The highest BCUT2D eigenvalue weighted by Gasteiger charge is 2.29. The number of benzene rings is 1. The first kappa shape index (κ1) is 20.6. The van der Waals surface area contributed by atoms with Gasteiger partial charge in [0.15, 0.2) is 0 Å². The van der Waals surface area contributed by atoms with Gasteiger partial charge in [-0.05, 0) is 42.5 Å². The fourth-order valence-electron chi connectivity index (χ4n) is 3.86. The van der Waals surface area contributed by atoms with E-state index >= 15 is 0 Å². The summed E-state index contributed by atoms with van der Waals surface area (Å²) < 4.78 is 5.30. The van der Waals surface area contributed by atoms with Crippen LogP contribution in [0.2, 0.25) is 0 Å². The maximum Gasteiger partial charge on any atom is 0.263 e. The number of carbonyl (C=O) groups excluding carboxylic acids is 3. The van der Waals surface area contributed by atoms with Crippen molar-refractivity contribution in [1.82, 2.24) is 9.80 Å². The van der Waals surface area contributed by atoms with Gasteiger partial charge in [-0.15, -0.1) is 11.3 Å². The zero-order valence-corrected chi connectivity index (χ0v) is 17.5. The number of hydrogen-bond acceptors (Lipinski definition) is 5. The molecule has 0 aliphatic carbocycles. The van der Waals surface area contributed by atoms with Crippen LogP contribution in [-0.4, -0.2) is 66.9 Å². The Morgan fingerprint density at radius 2 is 1.83 bits per heavy atom.